The molecule has 1 aromatic rings. The van der Waals surface area contributed by atoms with Gasteiger partial charge in [0.15, 0.2) is 10.9 Å². The van der Waals surface area contributed by atoms with Crippen molar-refractivity contribution in [2.45, 2.75) is 6.36 Å². The maximum absolute atomic E-state index is 11.9. The molecular formula is C7HBrClF3N2O. The largest absolute Gasteiger partial charge is 0.573 e. The average molecular weight is 301 g/mol. The van der Waals surface area contributed by atoms with Gasteiger partial charge in [0.2, 0.25) is 0 Å². The van der Waals surface area contributed by atoms with Gasteiger partial charge in [-0.3, -0.25) is 0 Å². The van der Waals surface area contributed by atoms with Gasteiger partial charge in [0.25, 0.3) is 0 Å². The number of ether oxygens (including phenoxy) is 1. The van der Waals surface area contributed by atoms with Gasteiger partial charge in [-0.1, -0.05) is 11.6 Å². The molecule has 0 N–H and O–H groups in total. The molecule has 0 unspecified atom stereocenters. The lowest BCUT2D eigenvalue weighted by molar-refractivity contribution is -0.275. The number of alkyl halides is 3. The number of hydrogen-bond donors (Lipinski definition) is 0. The second-order valence-electron chi connectivity index (χ2n) is 2.27. The predicted molar refractivity (Wildman–Crippen MR) is 48.3 cm³/mol. The lowest BCUT2D eigenvalue weighted by atomic mass is 10.3. The Morgan fingerprint density at radius 3 is 2.53 bits per heavy atom. The van der Waals surface area contributed by atoms with Crippen LogP contribution in [0.5, 0.6) is 5.75 Å². The number of halogens is 5. The summed E-state index contributed by atoms with van der Waals surface area (Å²) in [7, 11) is 0. The Morgan fingerprint density at radius 2 is 2.13 bits per heavy atom. The minimum absolute atomic E-state index is 0.0867. The highest BCUT2D eigenvalue weighted by Crippen LogP contribution is 2.35. The van der Waals surface area contributed by atoms with E-state index in [-0.39, 0.29) is 10.2 Å². The van der Waals surface area contributed by atoms with Gasteiger partial charge in [-0.05, 0) is 22.0 Å². The standard InChI is InChI=1S/C7HBrClF3N2O/c8-4-1-3(2-13)14-6(9)5(4)15-7(10,11)12/h1H. The van der Waals surface area contributed by atoms with Gasteiger partial charge in [0, 0.05) is 0 Å². The van der Waals surface area contributed by atoms with Crippen molar-refractivity contribution in [1.29, 1.82) is 5.26 Å². The van der Waals surface area contributed by atoms with Gasteiger partial charge in [-0.2, -0.15) is 5.26 Å². The van der Waals surface area contributed by atoms with E-state index < -0.39 is 17.3 Å². The Labute approximate surface area is 95.6 Å². The van der Waals surface area contributed by atoms with Gasteiger partial charge in [0.1, 0.15) is 11.8 Å². The number of rotatable bonds is 1. The minimum atomic E-state index is -4.86. The molecule has 0 aliphatic heterocycles. The molecule has 0 aromatic carbocycles. The molecule has 80 valence electrons. The summed E-state index contributed by atoms with van der Waals surface area (Å²) in [6.07, 6.45) is -4.86. The Bertz CT molecular complexity index is 406. The lowest BCUT2D eigenvalue weighted by Gasteiger charge is -2.11. The Balaban J connectivity index is 3.16. The van der Waals surface area contributed by atoms with Crippen LogP contribution in [0.3, 0.4) is 0 Å². The van der Waals surface area contributed by atoms with Crippen molar-refractivity contribution in [3.8, 4) is 11.8 Å². The van der Waals surface area contributed by atoms with E-state index in [1.165, 1.54) is 0 Å². The fourth-order valence-corrected chi connectivity index (χ4v) is 1.57. The zero-order valence-electron chi connectivity index (χ0n) is 6.77. The third-order valence-corrected chi connectivity index (χ3v) is 2.06. The van der Waals surface area contributed by atoms with Crippen molar-refractivity contribution >= 4 is 27.5 Å². The molecule has 1 heterocycles. The van der Waals surface area contributed by atoms with E-state index in [9.17, 15) is 13.2 Å². The summed E-state index contributed by atoms with van der Waals surface area (Å²) < 4.78 is 39.2. The van der Waals surface area contributed by atoms with Gasteiger partial charge in [0.05, 0.1) is 4.47 Å². The molecule has 0 atom stereocenters. The molecule has 0 amide bonds. The molecule has 15 heavy (non-hydrogen) atoms. The van der Waals surface area contributed by atoms with Crippen molar-refractivity contribution in [3.63, 3.8) is 0 Å². The summed E-state index contributed by atoms with van der Waals surface area (Å²) in [5, 5.41) is 7.93. The highest BCUT2D eigenvalue weighted by molar-refractivity contribution is 9.10. The van der Waals surface area contributed by atoms with Crippen molar-refractivity contribution in [3.05, 3.63) is 21.4 Å². The summed E-state index contributed by atoms with van der Waals surface area (Å²) in [6, 6.07) is 2.71. The van der Waals surface area contributed by atoms with Crippen LogP contribution in [0, 0.1) is 11.3 Å². The summed E-state index contributed by atoms with van der Waals surface area (Å²) in [5.74, 6) is -0.664. The molecule has 1 rings (SSSR count). The first-order valence-electron chi connectivity index (χ1n) is 3.35. The van der Waals surface area contributed by atoms with Gasteiger partial charge < -0.3 is 4.74 Å². The summed E-state index contributed by atoms with van der Waals surface area (Å²) >= 11 is 8.19. The third kappa shape index (κ3) is 3.25. The van der Waals surface area contributed by atoms with Crippen LogP contribution in [0.1, 0.15) is 5.69 Å². The van der Waals surface area contributed by atoms with Crippen LogP contribution in [-0.4, -0.2) is 11.3 Å². The number of nitrogens with zero attached hydrogens (tertiary/aromatic N) is 2. The van der Waals surface area contributed by atoms with E-state index in [4.69, 9.17) is 16.9 Å². The summed E-state index contributed by atoms with van der Waals surface area (Å²) in [4.78, 5) is 3.39. The fourth-order valence-electron chi connectivity index (χ4n) is 0.737. The molecule has 0 saturated carbocycles. The lowest BCUT2D eigenvalue weighted by Crippen LogP contribution is -2.18. The van der Waals surface area contributed by atoms with E-state index in [1.54, 1.807) is 6.07 Å². The predicted octanol–water partition coefficient (Wildman–Crippen LogP) is 3.27. The van der Waals surface area contributed by atoms with E-state index in [1.807, 2.05) is 0 Å². The first-order valence-corrected chi connectivity index (χ1v) is 4.52. The van der Waals surface area contributed by atoms with E-state index in [0.717, 1.165) is 6.07 Å². The molecule has 1 aromatic heterocycles. The quantitative estimate of drug-likeness (QED) is 0.748. The van der Waals surface area contributed by atoms with Crippen molar-refractivity contribution in [2.75, 3.05) is 0 Å². The van der Waals surface area contributed by atoms with Crippen LogP contribution in [-0.2, 0) is 0 Å². The van der Waals surface area contributed by atoms with E-state index >= 15 is 0 Å². The van der Waals surface area contributed by atoms with Gasteiger partial charge >= 0.3 is 6.36 Å². The molecular weight excluding hydrogens is 300 g/mol. The first-order chi connectivity index (χ1) is 6.83. The molecule has 0 saturated heterocycles. The smallest absolute Gasteiger partial charge is 0.401 e. The van der Waals surface area contributed by atoms with Crippen LogP contribution in [0.2, 0.25) is 5.15 Å². The monoisotopic (exact) mass is 300 g/mol. The molecule has 0 radical (unpaired) electrons. The highest BCUT2D eigenvalue weighted by Gasteiger charge is 2.33. The number of aromatic nitrogens is 1. The molecule has 3 nitrogen and oxygen atoms in total. The normalized spacial score (nSPS) is 10.9. The van der Waals surface area contributed by atoms with Crippen LogP contribution in [0.25, 0.3) is 0 Å². The van der Waals surface area contributed by atoms with Crippen LogP contribution in [0.4, 0.5) is 13.2 Å². The highest BCUT2D eigenvalue weighted by atomic mass is 79.9. The van der Waals surface area contributed by atoms with Crippen molar-refractivity contribution in [2.24, 2.45) is 0 Å². The minimum Gasteiger partial charge on any atom is -0.401 e. The summed E-state index contributed by atoms with van der Waals surface area (Å²) in [5.41, 5.74) is -0.110. The number of hydrogen-bond acceptors (Lipinski definition) is 3. The number of pyridine rings is 1. The Kier molecular flexibility index (Phi) is 3.42. The Hall–Kier alpha value is -1.00. The number of nitriles is 1. The maximum Gasteiger partial charge on any atom is 0.573 e. The maximum atomic E-state index is 11.9. The average Bonchev–Trinajstić information content (AvgIpc) is 2.09. The molecule has 8 heteroatoms. The van der Waals surface area contributed by atoms with Crippen LogP contribution in [0.15, 0.2) is 10.5 Å². The van der Waals surface area contributed by atoms with E-state index in [2.05, 4.69) is 25.7 Å². The molecule has 0 aliphatic rings. The first kappa shape index (κ1) is 12.1. The van der Waals surface area contributed by atoms with Crippen LogP contribution >= 0.6 is 27.5 Å². The zero-order chi connectivity index (χ0) is 11.6. The molecule has 0 bridgehead atoms. The fraction of sp³-hybridized carbons (Fsp3) is 0.143. The Morgan fingerprint density at radius 1 is 1.53 bits per heavy atom. The van der Waals surface area contributed by atoms with Crippen molar-refractivity contribution < 1.29 is 17.9 Å². The van der Waals surface area contributed by atoms with Crippen molar-refractivity contribution in [1.82, 2.24) is 4.98 Å². The summed E-state index contributed by atoms with van der Waals surface area (Å²) in [6.45, 7) is 0. The topological polar surface area (TPSA) is 45.9 Å². The van der Waals surface area contributed by atoms with E-state index in [0.29, 0.717) is 0 Å². The van der Waals surface area contributed by atoms with Crippen LogP contribution < -0.4 is 4.74 Å². The van der Waals surface area contributed by atoms with Gasteiger partial charge in [-0.25, -0.2) is 4.98 Å². The molecule has 0 spiro atoms. The molecule has 0 aliphatic carbocycles. The second-order valence-corrected chi connectivity index (χ2v) is 3.48. The zero-order valence-corrected chi connectivity index (χ0v) is 9.11. The SMILES string of the molecule is N#Cc1cc(Br)c(OC(F)(F)F)c(Cl)n1. The third-order valence-electron chi connectivity index (χ3n) is 1.22. The molecule has 0 fully saturated rings. The second kappa shape index (κ2) is 4.24. The van der Waals surface area contributed by atoms with Gasteiger partial charge in [-0.15, -0.1) is 13.2 Å².